The first-order chi connectivity index (χ1) is 13.2. The van der Waals surface area contributed by atoms with Gasteiger partial charge in [-0.2, -0.15) is 0 Å². The second kappa shape index (κ2) is 6.61. The zero-order chi connectivity index (χ0) is 18.3. The Labute approximate surface area is 160 Å². The van der Waals surface area contributed by atoms with E-state index < -0.39 is 0 Å². The first-order valence-electron chi connectivity index (χ1n) is 9.92. The van der Waals surface area contributed by atoms with Gasteiger partial charge in [0.15, 0.2) is 11.5 Å². The lowest BCUT2D eigenvalue weighted by Gasteiger charge is -2.33. The van der Waals surface area contributed by atoms with Gasteiger partial charge in [-0.3, -0.25) is 10.3 Å². The number of rotatable bonds is 5. The van der Waals surface area contributed by atoms with Crippen molar-refractivity contribution in [2.24, 2.45) is 0 Å². The Kier molecular flexibility index (Phi) is 4.09. The lowest BCUT2D eigenvalue weighted by molar-refractivity contribution is -0.0821. The fraction of sp³-hybridized carbons (Fsp3) is 0.391. The highest BCUT2D eigenvalue weighted by molar-refractivity contribution is 5.68. The number of benzene rings is 2. The van der Waals surface area contributed by atoms with Crippen LogP contribution in [0.3, 0.4) is 0 Å². The summed E-state index contributed by atoms with van der Waals surface area (Å²) in [5, 5.41) is 0. The molecule has 1 heterocycles. The third-order valence-corrected chi connectivity index (χ3v) is 5.83. The van der Waals surface area contributed by atoms with Gasteiger partial charge in [0.2, 0.25) is 0 Å². The monoisotopic (exact) mass is 363 g/mol. The third kappa shape index (κ3) is 3.08. The third-order valence-electron chi connectivity index (χ3n) is 5.83. The molecule has 1 saturated carbocycles. The van der Waals surface area contributed by atoms with Crippen LogP contribution in [0.2, 0.25) is 0 Å². The van der Waals surface area contributed by atoms with Gasteiger partial charge in [0.1, 0.15) is 11.7 Å². The molecule has 5 rings (SSSR count). The van der Waals surface area contributed by atoms with E-state index >= 15 is 0 Å². The molecule has 1 spiro atoms. The molecule has 4 nitrogen and oxygen atoms in total. The van der Waals surface area contributed by atoms with E-state index in [1.54, 1.807) is 0 Å². The molecule has 1 aliphatic heterocycles. The van der Waals surface area contributed by atoms with E-state index in [0.29, 0.717) is 6.61 Å². The summed E-state index contributed by atoms with van der Waals surface area (Å²) in [7, 11) is 0. The molecule has 0 bridgehead atoms. The van der Waals surface area contributed by atoms with Crippen molar-refractivity contribution in [1.29, 1.82) is 0 Å². The molecule has 0 unspecified atom stereocenters. The van der Waals surface area contributed by atoms with Gasteiger partial charge in [-0.1, -0.05) is 24.3 Å². The van der Waals surface area contributed by atoms with Crippen LogP contribution in [0.4, 0.5) is 0 Å². The van der Waals surface area contributed by atoms with Crippen LogP contribution in [-0.4, -0.2) is 18.3 Å². The van der Waals surface area contributed by atoms with Crippen LogP contribution in [0, 0.1) is 0 Å². The molecule has 0 aromatic heterocycles. The summed E-state index contributed by atoms with van der Waals surface area (Å²) in [5.74, 6) is 1.61. The Hall–Kier alpha value is -2.46. The van der Waals surface area contributed by atoms with Gasteiger partial charge in [-0.25, -0.2) is 0 Å². The minimum absolute atomic E-state index is 0.0952. The quantitative estimate of drug-likeness (QED) is 0.853. The maximum Gasteiger partial charge on any atom is 0.162 e. The molecule has 27 heavy (non-hydrogen) atoms. The molecule has 0 saturated heterocycles. The fourth-order valence-corrected chi connectivity index (χ4v) is 4.22. The van der Waals surface area contributed by atoms with E-state index in [-0.39, 0.29) is 11.7 Å². The Morgan fingerprint density at radius 1 is 1.07 bits per heavy atom. The van der Waals surface area contributed by atoms with Crippen molar-refractivity contribution in [3.8, 4) is 11.5 Å². The Morgan fingerprint density at radius 2 is 1.85 bits per heavy atom. The van der Waals surface area contributed by atoms with Crippen LogP contribution in [0.1, 0.15) is 42.9 Å². The molecule has 3 aliphatic rings. The summed E-state index contributed by atoms with van der Waals surface area (Å²) in [4.78, 5) is 5.82. The molecular formula is C23H25NO3. The normalized spacial score (nSPS) is 20.0. The van der Waals surface area contributed by atoms with Gasteiger partial charge in [0.25, 0.3) is 0 Å². The summed E-state index contributed by atoms with van der Waals surface area (Å²) in [6.07, 6.45) is 7.66. The molecule has 1 N–H and O–H groups in total. The van der Waals surface area contributed by atoms with Crippen LogP contribution >= 0.6 is 0 Å². The lowest BCUT2D eigenvalue weighted by atomic mass is 9.80. The number of nitrogens with one attached hydrogen (secondary N) is 1. The summed E-state index contributed by atoms with van der Waals surface area (Å²) in [6.45, 7) is 2.62. The molecule has 1 fully saturated rings. The van der Waals surface area contributed by atoms with Crippen LogP contribution in [0.25, 0.3) is 5.70 Å². The van der Waals surface area contributed by atoms with Crippen molar-refractivity contribution < 1.29 is 14.3 Å². The molecular weight excluding hydrogens is 338 g/mol. The maximum absolute atomic E-state index is 6.41. The average Bonchev–Trinajstić information content (AvgIpc) is 3.27. The van der Waals surface area contributed by atoms with Crippen molar-refractivity contribution in [1.82, 2.24) is 5.48 Å². The highest BCUT2D eigenvalue weighted by atomic mass is 16.7. The number of fused-ring (bicyclic) bond motifs is 1. The van der Waals surface area contributed by atoms with Gasteiger partial charge in [0, 0.05) is 18.4 Å². The number of hydroxylamine groups is 1. The maximum atomic E-state index is 6.41. The molecule has 2 aliphatic carbocycles. The van der Waals surface area contributed by atoms with Crippen LogP contribution in [0.15, 0.2) is 48.5 Å². The first kappa shape index (κ1) is 16.7. The molecule has 0 amide bonds. The van der Waals surface area contributed by atoms with Crippen molar-refractivity contribution in [3.63, 3.8) is 0 Å². The molecule has 2 aromatic carbocycles. The van der Waals surface area contributed by atoms with Gasteiger partial charge in [-0.05, 0) is 61.6 Å². The van der Waals surface area contributed by atoms with E-state index in [1.807, 2.05) is 13.0 Å². The molecule has 0 atom stereocenters. The molecule has 4 heteroatoms. The van der Waals surface area contributed by atoms with Crippen LogP contribution in [0.5, 0.6) is 11.5 Å². The number of ether oxygens (including phenoxy) is 2. The second-order valence-corrected chi connectivity index (χ2v) is 7.69. The standard InChI is InChI=1S/C23H25NO3/c1-2-25-21-9-8-18(20-15-23(27-24-20)10-5-11-23)14-22(21)26-19-12-16-6-3-4-7-17(16)13-19/h3-4,6-9,14-15,19,24H,2,5,10-13H2,1H3. The van der Waals surface area contributed by atoms with E-state index in [2.05, 4.69) is 48.0 Å². The molecule has 0 radical (unpaired) electrons. The topological polar surface area (TPSA) is 39.7 Å². The SMILES string of the molecule is CCOc1ccc(C2=CC3(CCC3)ON2)cc1OC1Cc2ccccc2C1. The largest absolute Gasteiger partial charge is 0.490 e. The minimum atomic E-state index is -0.0952. The van der Waals surface area contributed by atoms with Crippen LogP contribution < -0.4 is 15.0 Å². The fourth-order valence-electron chi connectivity index (χ4n) is 4.22. The first-order valence-corrected chi connectivity index (χ1v) is 9.92. The highest BCUT2D eigenvalue weighted by Gasteiger charge is 2.41. The Bertz CT molecular complexity index is 860. The summed E-state index contributed by atoms with van der Waals surface area (Å²) < 4.78 is 12.2. The van der Waals surface area contributed by atoms with Crippen LogP contribution in [-0.2, 0) is 17.7 Å². The zero-order valence-corrected chi connectivity index (χ0v) is 15.7. The molecule has 2 aromatic rings. The molecule has 140 valence electrons. The number of hydrogen-bond donors (Lipinski definition) is 1. The summed E-state index contributed by atoms with van der Waals surface area (Å²) >= 11 is 0. The summed E-state index contributed by atoms with van der Waals surface area (Å²) in [5.41, 5.74) is 7.90. The second-order valence-electron chi connectivity index (χ2n) is 7.69. The highest BCUT2D eigenvalue weighted by Crippen LogP contribution is 2.42. The van der Waals surface area contributed by atoms with E-state index in [4.69, 9.17) is 14.3 Å². The van der Waals surface area contributed by atoms with Gasteiger partial charge >= 0.3 is 0 Å². The average molecular weight is 363 g/mol. The van der Waals surface area contributed by atoms with Crippen molar-refractivity contribution in [2.75, 3.05) is 6.61 Å². The smallest absolute Gasteiger partial charge is 0.162 e. The van der Waals surface area contributed by atoms with Gasteiger partial charge in [-0.15, -0.1) is 0 Å². The van der Waals surface area contributed by atoms with E-state index in [0.717, 1.165) is 48.4 Å². The van der Waals surface area contributed by atoms with E-state index in [1.165, 1.54) is 17.5 Å². The minimum Gasteiger partial charge on any atom is -0.490 e. The Balaban J connectivity index is 1.40. The summed E-state index contributed by atoms with van der Waals surface area (Å²) in [6, 6.07) is 14.7. The van der Waals surface area contributed by atoms with Gasteiger partial charge < -0.3 is 9.47 Å². The lowest BCUT2D eigenvalue weighted by Crippen LogP contribution is -2.36. The predicted octanol–water partition coefficient (Wildman–Crippen LogP) is 4.43. The van der Waals surface area contributed by atoms with Crippen molar-refractivity contribution in [3.05, 3.63) is 65.2 Å². The van der Waals surface area contributed by atoms with Crippen molar-refractivity contribution in [2.45, 2.75) is 50.7 Å². The van der Waals surface area contributed by atoms with E-state index in [9.17, 15) is 0 Å². The van der Waals surface area contributed by atoms with Crippen molar-refractivity contribution >= 4 is 5.70 Å². The van der Waals surface area contributed by atoms with Gasteiger partial charge in [0.05, 0.1) is 12.3 Å². The predicted molar refractivity (Wildman–Crippen MR) is 105 cm³/mol. The zero-order valence-electron chi connectivity index (χ0n) is 15.7. The Morgan fingerprint density at radius 3 is 2.48 bits per heavy atom. The number of hydrogen-bond acceptors (Lipinski definition) is 4.